The van der Waals surface area contributed by atoms with Crippen LogP contribution in [0.5, 0.6) is 5.75 Å². The van der Waals surface area contributed by atoms with E-state index in [9.17, 15) is 4.79 Å². The lowest BCUT2D eigenvalue weighted by Crippen LogP contribution is -2.08. The van der Waals surface area contributed by atoms with Crippen LogP contribution >= 0.6 is 0 Å². The number of rotatable bonds is 3. The average Bonchev–Trinajstić information content (AvgIpc) is 2.97. The minimum atomic E-state index is -1.29. The summed E-state index contributed by atoms with van der Waals surface area (Å²) in [5.74, 6) is 0.368. The molecule has 0 saturated heterocycles. The lowest BCUT2D eigenvalue weighted by Gasteiger charge is -2.18. The van der Waals surface area contributed by atoms with Crippen molar-refractivity contribution in [2.45, 2.75) is 18.9 Å². The largest absolute Gasteiger partial charge is 0.511 e. The van der Waals surface area contributed by atoms with Crippen LogP contribution in [-0.2, 0) is 6.42 Å². The predicted octanol–water partition coefficient (Wildman–Crippen LogP) is 5.00. The van der Waals surface area contributed by atoms with E-state index in [1.165, 1.54) is 16.3 Å². The van der Waals surface area contributed by atoms with E-state index >= 15 is 0 Å². The van der Waals surface area contributed by atoms with Crippen molar-refractivity contribution in [3.63, 3.8) is 0 Å². The molecule has 0 aromatic heterocycles. The number of hydrogen-bond donors (Lipinski definition) is 2. The molecule has 0 radical (unpaired) electrons. The maximum atomic E-state index is 10.8. The number of ether oxygens (including phenoxy) is 1. The standard InChI is InChI=1S/C20H17NO3/c22-20(23)24-15-10-8-14-9-11-19(17(14)12-15)21-18-7-3-5-13-4-1-2-6-16(13)18/h1-8,10,12,19,21H,9,11H2,(H,22,23)/t19-/m1/s1. The van der Waals surface area contributed by atoms with Crippen molar-refractivity contribution < 1.29 is 14.6 Å². The Morgan fingerprint density at radius 1 is 1.08 bits per heavy atom. The van der Waals surface area contributed by atoms with Gasteiger partial charge in [-0.25, -0.2) is 4.79 Å². The molecular weight excluding hydrogens is 302 g/mol. The summed E-state index contributed by atoms with van der Waals surface area (Å²) in [6, 6.07) is 20.2. The SMILES string of the molecule is O=C(O)Oc1ccc2c(c1)[C@H](Nc1cccc3ccccc13)CC2. The van der Waals surface area contributed by atoms with E-state index in [0.717, 1.165) is 24.1 Å². The van der Waals surface area contributed by atoms with Crippen LogP contribution < -0.4 is 10.1 Å². The van der Waals surface area contributed by atoms with Crippen molar-refractivity contribution in [1.82, 2.24) is 0 Å². The van der Waals surface area contributed by atoms with E-state index in [2.05, 4.69) is 29.6 Å². The third kappa shape index (κ3) is 2.67. The van der Waals surface area contributed by atoms with E-state index in [1.54, 1.807) is 6.07 Å². The van der Waals surface area contributed by atoms with Crippen molar-refractivity contribution in [2.75, 3.05) is 5.32 Å². The van der Waals surface area contributed by atoms with E-state index in [-0.39, 0.29) is 6.04 Å². The quantitative estimate of drug-likeness (QED) is 0.527. The highest BCUT2D eigenvalue weighted by Gasteiger charge is 2.23. The fourth-order valence-electron chi connectivity index (χ4n) is 3.43. The van der Waals surface area contributed by atoms with Crippen LogP contribution in [0.1, 0.15) is 23.6 Å². The average molecular weight is 319 g/mol. The van der Waals surface area contributed by atoms with Crippen LogP contribution in [0.25, 0.3) is 10.8 Å². The van der Waals surface area contributed by atoms with Crippen molar-refractivity contribution in [3.8, 4) is 5.75 Å². The molecule has 120 valence electrons. The first kappa shape index (κ1) is 14.6. The molecule has 1 aliphatic rings. The van der Waals surface area contributed by atoms with E-state index in [4.69, 9.17) is 9.84 Å². The summed E-state index contributed by atoms with van der Waals surface area (Å²) in [7, 11) is 0. The molecular formula is C20H17NO3. The Labute approximate surface area is 139 Å². The minimum Gasteiger partial charge on any atom is -0.449 e. The molecule has 0 spiro atoms. The molecule has 0 fully saturated rings. The first-order valence-electron chi connectivity index (χ1n) is 7.98. The second kappa shape index (κ2) is 5.89. The third-order valence-electron chi connectivity index (χ3n) is 4.52. The van der Waals surface area contributed by atoms with Gasteiger partial charge >= 0.3 is 6.16 Å². The summed E-state index contributed by atoms with van der Waals surface area (Å²) in [6.07, 6.45) is 0.673. The smallest absolute Gasteiger partial charge is 0.449 e. The fraction of sp³-hybridized carbons (Fsp3) is 0.150. The first-order chi connectivity index (χ1) is 11.7. The number of aryl methyl sites for hydroxylation is 1. The van der Waals surface area contributed by atoms with Gasteiger partial charge in [-0.2, -0.15) is 0 Å². The number of nitrogens with one attached hydrogen (secondary N) is 1. The highest BCUT2D eigenvalue weighted by atomic mass is 16.7. The molecule has 1 aliphatic carbocycles. The topological polar surface area (TPSA) is 58.6 Å². The molecule has 3 aromatic rings. The van der Waals surface area contributed by atoms with Gasteiger partial charge in [-0.3, -0.25) is 0 Å². The second-order valence-electron chi connectivity index (χ2n) is 5.99. The molecule has 0 heterocycles. The molecule has 4 rings (SSSR count). The zero-order chi connectivity index (χ0) is 16.5. The number of benzene rings is 3. The summed E-state index contributed by atoms with van der Waals surface area (Å²) in [5.41, 5.74) is 3.45. The summed E-state index contributed by atoms with van der Waals surface area (Å²) >= 11 is 0. The van der Waals surface area contributed by atoms with Gasteiger partial charge in [0.25, 0.3) is 0 Å². The molecule has 0 amide bonds. The maximum Gasteiger partial charge on any atom is 0.511 e. The van der Waals surface area contributed by atoms with E-state index in [1.807, 2.05) is 30.3 Å². The molecule has 0 bridgehead atoms. The van der Waals surface area contributed by atoms with Gasteiger partial charge in [-0.05, 0) is 47.6 Å². The Bertz CT molecular complexity index is 914. The zero-order valence-electron chi connectivity index (χ0n) is 13.0. The van der Waals surface area contributed by atoms with Crippen molar-refractivity contribution in [2.24, 2.45) is 0 Å². The molecule has 4 heteroatoms. The Balaban J connectivity index is 1.66. The first-order valence-corrected chi connectivity index (χ1v) is 7.98. The Kier molecular flexibility index (Phi) is 3.58. The monoisotopic (exact) mass is 319 g/mol. The lowest BCUT2D eigenvalue weighted by atomic mass is 10.1. The summed E-state index contributed by atoms with van der Waals surface area (Å²) in [5, 5.41) is 14.8. The van der Waals surface area contributed by atoms with Crippen LogP contribution in [0.2, 0.25) is 0 Å². The zero-order valence-corrected chi connectivity index (χ0v) is 13.0. The third-order valence-corrected chi connectivity index (χ3v) is 4.52. The molecule has 2 N–H and O–H groups in total. The predicted molar refractivity (Wildman–Crippen MR) is 93.7 cm³/mol. The minimum absolute atomic E-state index is 0.156. The van der Waals surface area contributed by atoms with E-state index < -0.39 is 6.16 Å². The molecule has 3 aromatic carbocycles. The van der Waals surface area contributed by atoms with Crippen molar-refractivity contribution in [1.29, 1.82) is 0 Å². The number of carboxylic acid groups (broad SMARTS) is 1. The summed E-state index contributed by atoms with van der Waals surface area (Å²) in [4.78, 5) is 10.8. The number of fused-ring (bicyclic) bond motifs is 2. The van der Waals surface area contributed by atoms with Gasteiger partial charge in [0.1, 0.15) is 5.75 Å². The van der Waals surface area contributed by atoms with Gasteiger partial charge < -0.3 is 15.2 Å². The Hall–Kier alpha value is -3.01. The summed E-state index contributed by atoms with van der Waals surface area (Å²) in [6.45, 7) is 0. The second-order valence-corrected chi connectivity index (χ2v) is 5.99. The molecule has 0 saturated carbocycles. The highest BCUT2D eigenvalue weighted by molar-refractivity contribution is 5.94. The highest BCUT2D eigenvalue weighted by Crippen LogP contribution is 2.37. The van der Waals surface area contributed by atoms with Gasteiger partial charge in [0.2, 0.25) is 0 Å². The van der Waals surface area contributed by atoms with Gasteiger partial charge in [0.05, 0.1) is 6.04 Å². The molecule has 0 unspecified atom stereocenters. The maximum absolute atomic E-state index is 10.8. The van der Waals surface area contributed by atoms with Gasteiger partial charge in [0, 0.05) is 11.1 Å². The number of anilines is 1. The fourth-order valence-corrected chi connectivity index (χ4v) is 3.43. The molecule has 4 nitrogen and oxygen atoms in total. The Morgan fingerprint density at radius 3 is 2.79 bits per heavy atom. The number of carbonyl (C=O) groups is 1. The molecule has 0 aliphatic heterocycles. The van der Waals surface area contributed by atoms with Crippen LogP contribution in [0.15, 0.2) is 60.7 Å². The normalized spacial score (nSPS) is 15.9. The van der Waals surface area contributed by atoms with Crippen molar-refractivity contribution in [3.05, 3.63) is 71.8 Å². The summed E-state index contributed by atoms with van der Waals surface area (Å²) < 4.78 is 4.80. The molecule has 1 atom stereocenters. The van der Waals surface area contributed by atoms with Crippen molar-refractivity contribution >= 4 is 22.6 Å². The van der Waals surface area contributed by atoms with Gasteiger partial charge in [0.15, 0.2) is 0 Å². The number of hydrogen-bond acceptors (Lipinski definition) is 3. The van der Waals surface area contributed by atoms with Crippen LogP contribution in [0.4, 0.5) is 10.5 Å². The van der Waals surface area contributed by atoms with Gasteiger partial charge in [-0.1, -0.05) is 42.5 Å². The molecule has 24 heavy (non-hydrogen) atoms. The lowest BCUT2D eigenvalue weighted by molar-refractivity contribution is 0.144. The van der Waals surface area contributed by atoms with E-state index in [0.29, 0.717) is 5.75 Å². The van der Waals surface area contributed by atoms with Crippen LogP contribution in [0.3, 0.4) is 0 Å². The van der Waals surface area contributed by atoms with Gasteiger partial charge in [-0.15, -0.1) is 0 Å². The van der Waals surface area contributed by atoms with Crippen LogP contribution in [-0.4, -0.2) is 11.3 Å². The Morgan fingerprint density at radius 2 is 1.92 bits per heavy atom. The van der Waals surface area contributed by atoms with Crippen LogP contribution in [0, 0.1) is 0 Å².